The maximum absolute atomic E-state index is 13.6. The Morgan fingerprint density at radius 2 is 1.74 bits per heavy atom. The van der Waals surface area contributed by atoms with E-state index in [0.717, 1.165) is 43.7 Å². The van der Waals surface area contributed by atoms with E-state index in [-0.39, 0.29) is 17.6 Å². The van der Waals surface area contributed by atoms with Gasteiger partial charge >= 0.3 is 0 Å². The van der Waals surface area contributed by atoms with Gasteiger partial charge in [-0.25, -0.2) is 9.07 Å². The Morgan fingerprint density at radius 1 is 1.00 bits per heavy atom. The van der Waals surface area contributed by atoms with E-state index in [1.807, 2.05) is 29.2 Å². The molecule has 1 saturated heterocycles. The van der Waals surface area contributed by atoms with E-state index >= 15 is 0 Å². The molecule has 5 atom stereocenters. The molecule has 1 aliphatic heterocycles. The number of amides is 2. The number of fused-ring (bicyclic) bond motifs is 2. The van der Waals surface area contributed by atoms with Crippen molar-refractivity contribution in [2.24, 2.45) is 11.8 Å². The van der Waals surface area contributed by atoms with Gasteiger partial charge in [-0.05, 0) is 98.9 Å². The van der Waals surface area contributed by atoms with Crippen molar-refractivity contribution in [3.05, 3.63) is 77.9 Å². The smallest absolute Gasteiger partial charge is 0.251 e. The normalized spacial score (nSPS) is 24.4. The number of halogens is 1. The van der Waals surface area contributed by atoms with Crippen LogP contribution in [-0.2, 0) is 4.79 Å². The Bertz CT molecular complexity index is 1270. The third-order valence-electron chi connectivity index (χ3n) is 8.50. The first-order chi connectivity index (χ1) is 19.0. The van der Waals surface area contributed by atoms with Crippen LogP contribution in [0.5, 0.6) is 0 Å². The Labute approximate surface area is 228 Å². The molecule has 8 nitrogen and oxygen atoms in total. The summed E-state index contributed by atoms with van der Waals surface area (Å²) in [7, 11) is 0. The molecule has 2 amide bonds. The zero-order chi connectivity index (χ0) is 26.8. The summed E-state index contributed by atoms with van der Waals surface area (Å²) in [5, 5.41) is 14.4. The second-order valence-electron chi connectivity index (χ2n) is 11.3. The fourth-order valence-corrected chi connectivity index (χ4v) is 6.31. The van der Waals surface area contributed by atoms with Gasteiger partial charge in [0.25, 0.3) is 5.91 Å². The van der Waals surface area contributed by atoms with Crippen LogP contribution in [0.2, 0.25) is 0 Å². The highest BCUT2D eigenvalue weighted by Crippen LogP contribution is 2.40. The number of nitrogens with one attached hydrogen (secondary N) is 2. The summed E-state index contributed by atoms with van der Waals surface area (Å²) in [6, 6.07) is 13.7. The molecule has 3 fully saturated rings. The molecule has 2 aliphatic carbocycles. The lowest BCUT2D eigenvalue weighted by Crippen LogP contribution is -2.52. The molecule has 0 radical (unpaired) electrons. The van der Waals surface area contributed by atoms with Gasteiger partial charge in [-0.1, -0.05) is 17.3 Å². The molecule has 1 aromatic heterocycles. The summed E-state index contributed by atoms with van der Waals surface area (Å²) in [6.45, 7) is 2.36. The van der Waals surface area contributed by atoms with Crippen molar-refractivity contribution >= 4 is 11.8 Å². The van der Waals surface area contributed by atoms with Crippen molar-refractivity contribution in [2.75, 3.05) is 19.6 Å². The highest BCUT2D eigenvalue weighted by atomic mass is 19.1. The number of carbonyl (C=O) groups is 2. The predicted octanol–water partition coefficient (Wildman–Crippen LogP) is 3.69. The SMILES string of the molecule is O=C(NC(CCCNC1C[C@H]1c1ccc(F)cc1)C(=O)N1CC2CCC(C2)C1)c1ccc(-n2ccnn2)cc1. The van der Waals surface area contributed by atoms with E-state index in [2.05, 4.69) is 20.9 Å². The molecule has 2 N–H and O–H groups in total. The lowest BCUT2D eigenvalue weighted by molar-refractivity contribution is -0.135. The quantitative estimate of drug-likeness (QED) is 0.390. The topological polar surface area (TPSA) is 92.2 Å². The maximum Gasteiger partial charge on any atom is 0.251 e. The zero-order valence-corrected chi connectivity index (χ0v) is 22.0. The van der Waals surface area contributed by atoms with Gasteiger partial charge in [0, 0.05) is 30.6 Å². The van der Waals surface area contributed by atoms with Gasteiger partial charge in [0.15, 0.2) is 0 Å². The average Bonchev–Trinajstić information content (AvgIpc) is 3.34. The van der Waals surface area contributed by atoms with Crippen LogP contribution in [0.15, 0.2) is 60.9 Å². The highest BCUT2D eigenvalue weighted by Gasteiger charge is 2.39. The van der Waals surface area contributed by atoms with Crippen LogP contribution in [0.1, 0.15) is 60.4 Å². The van der Waals surface area contributed by atoms with Crippen LogP contribution in [0.25, 0.3) is 5.69 Å². The van der Waals surface area contributed by atoms with Gasteiger partial charge in [-0.2, -0.15) is 0 Å². The third-order valence-corrected chi connectivity index (χ3v) is 8.50. The molecule has 0 spiro atoms. The molecule has 3 aromatic rings. The second kappa shape index (κ2) is 11.3. The van der Waals surface area contributed by atoms with Crippen molar-refractivity contribution in [1.82, 2.24) is 30.5 Å². The molecule has 6 rings (SSSR count). The monoisotopic (exact) mass is 530 g/mol. The molecular formula is C30H35FN6O2. The Balaban J connectivity index is 1.06. The van der Waals surface area contributed by atoms with E-state index in [0.29, 0.717) is 35.8 Å². The molecule has 2 aromatic carbocycles. The number of piperidine rings is 1. The van der Waals surface area contributed by atoms with Crippen molar-refractivity contribution in [2.45, 2.75) is 56.5 Å². The highest BCUT2D eigenvalue weighted by molar-refractivity contribution is 5.97. The average molecular weight is 531 g/mol. The third kappa shape index (κ3) is 6.03. The number of likely N-dealkylation sites (tertiary alicyclic amines) is 1. The van der Waals surface area contributed by atoms with Crippen molar-refractivity contribution in [1.29, 1.82) is 0 Å². The Kier molecular flexibility index (Phi) is 7.41. The first-order valence-electron chi connectivity index (χ1n) is 14.1. The fraction of sp³-hybridized carbons (Fsp3) is 0.467. The van der Waals surface area contributed by atoms with Crippen LogP contribution in [0, 0.1) is 17.7 Å². The fourth-order valence-electron chi connectivity index (χ4n) is 6.31. The molecule has 4 unspecified atom stereocenters. The van der Waals surface area contributed by atoms with Crippen LogP contribution >= 0.6 is 0 Å². The number of hydrogen-bond acceptors (Lipinski definition) is 5. The summed E-state index contributed by atoms with van der Waals surface area (Å²) < 4.78 is 14.9. The van der Waals surface area contributed by atoms with Gasteiger partial charge in [0.1, 0.15) is 11.9 Å². The lowest BCUT2D eigenvalue weighted by Gasteiger charge is -2.34. The summed E-state index contributed by atoms with van der Waals surface area (Å²) in [6.07, 6.45) is 9.35. The molecular weight excluding hydrogens is 495 g/mol. The van der Waals surface area contributed by atoms with Gasteiger partial charge in [0.2, 0.25) is 5.91 Å². The van der Waals surface area contributed by atoms with E-state index < -0.39 is 6.04 Å². The second-order valence-corrected chi connectivity index (χ2v) is 11.3. The number of carbonyl (C=O) groups excluding carboxylic acids is 2. The number of benzene rings is 2. The van der Waals surface area contributed by atoms with Crippen LogP contribution in [0.3, 0.4) is 0 Å². The minimum atomic E-state index is -0.557. The van der Waals surface area contributed by atoms with Crippen molar-refractivity contribution < 1.29 is 14.0 Å². The van der Waals surface area contributed by atoms with Gasteiger partial charge in [-0.3, -0.25) is 9.59 Å². The summed E-state index contributed by atoms with van der Waals surface area (Å²) in [5.74, 6) is 1.17. The molecule has 39 heavy (non-hydrogen) atoms. The molecule has 2 bridgehead atoms. The Morgan fingerprint density at radius 3 is 2.44 bits per heavy atom. The van der Waals surface area contributed by atoms with E-state index in [4.69, 9.17) is 0 Å². The number of aromatic nitrogens is 3. The minimum Gasteiger partial charge on any atom is -0.340 e. The van der Waals surface area contributed by atoms with E-state index in [1.165, 1.54) is 31.4 Å². The first kappa shape index (κ1) is 25.7. The largest absolute Gasteiger partial charge is 0.340 e. The Hall–Kier alpha value is -3.59. The first-order valence-corrected chi connectivity index (χ1v) is 14.1. The van der Waals surface area contributed by atoms with Crippen LogP contribution in [0.4, 0.5) is 4.39 Å². The predicted molar refractivity (Wildman–Crippen MR) is 145 cm³/mol. The minimum absolute atomic E-state index is 0.0368. The molecule has 204 valence electrons. The molecule has 2 heterocycles. The van der Waals surface area contributed by atoms with Crippen LogP contribution < -0.4 is 10.6 Å². The van der Waals surface area contributed by atoms with Crippen LogP contribution in [-0.4, -0.2) is 63.4 Å². The number of rotatable bonds is 10. The number of hydrogen-bond donors (Lipinski definition) is 2. The number of nitrogens with zero attached hydrogens (tertiary/aromatic N) is 4. The standard InChI is InChI=1S/C30H35FN6O2/c31-24-9-5-22(6-10-24)26-17-28(26)32-13-1-2-27(30(39)36-18-20-3-4-21(16-20)19-36)34-29(38)23-7-11-25(12-8-23)37-15-14-33-35-37/h5-12,14-15,20-21,26-28,32H,1-4,13,16-19H2,(H,34,38)/t20?,21?,26-,27?,28?/m0/s1. The van der Waals surface area contributed by atoms with E-state index in [1.54, 1.807) is 29.2 Å². The van der Waals surface area contributed by atoms with Gasteiger partial charge in [-0.15, -0.1) is 5.10 Å². The van der Waals surface area contributed by atoms with Gasteiger partial charge < -0.3 is 15.5 Å². The summed E-state index contributed by atoms with van der Waals surface area (Å²) in [5.41, 5.74) is 2.47. The summed E-state index contributed by atoms with van der Waals surface area (Å²) in [4.78, 5) is 28.8. The van der Waals surface area contributed by atoms with E-state index in [9.17, 15) is 14.0 Å². The van der Waals surface area contributed by atoms with Crippen molar-refractivity contribution in [3.63, 3.8) is 0 Å². The molecule has 3 aliphatic rings. The molecule has 9 heteroatoms. The van der Waals surface area contributed by atoms with Gasteiger partial charge in [0.05, 0.1) is 18.1 Å². The zero-order valence-electron chi connectivity index (χ0n) is 22.0. The van der Waals surface area contributed by atoms with Crippen molar-refractivity contribution in [3.8, 4) is 5.69 Å². The summed E-state index contributed by atoms with van der Waals surface area (Å²) >= 11 is 0. The lowest BCUT2D eigenvalue weighted by atomic mass is 9.97. The molecule has 2 saturated carbocycles. The maximum atomic E-state index is 13.6.